The van der Waals surface area contributed by atoms with E-state index >= 15 is 0 Å². The zero-order valence-electron chi connectivity index (χ0n) is 20.8. The summed E-state index contributed by atoms with van der Waals surface area (Å²) < 4.78 is 41.9. The highest BCUT2D eigenvalue weighted by Gasteiger charge is 2.50. The van der Waals surface area contributed by atoms with E-state index in [1.54, 1.807) is 20.8 Å². The van der Waals surface area contributed by atoms with Crippen LogP contribution in [0.25, 0.3) is 0 Å². The van der Waals surface area contributed by atoms with Crippen molar-refractivity contribution in [3.63, 3.8) is 0 Å². The van der Waals surface area contributed by atoms with E-state index in [0.29, 0.717) is 13.0 Å². The van der Waals surface area contributed by atoms with Crippen LogP contribution in [0.2, 0.25) is 0 Å². The lowest BCUT2D eigenvalue weighted by Gasteiger charge is -2.18. The highest BCUT2D eigenvalue weighted by Crippen LogP contribution is 2.63. The summed E-state index contributed by atoms with van der Waals surface area (Å²) in [6, 6.07) is 0. The van der Waals surface area contributed by atoms with Crippen LogP contribution in [0.15, 0.2) is 34.9 Å². The predicted octanol–water partition coefficient (Wildman–Crippen LogP) is 8.95. The molecule has 0 saturated heterocycles. The molecule has 0 aliphatic heterocycles. The average Bonchev–Trinajstić information content (AvgIpc) is 2.68. The molecule has 0 aliphatic rings. The van der Waals surface area contributed by atoms with Crippen molar-refractivity contribution in [1.82, 2.24) is 0 Å². The molecule has 0 radical (unpaired) electrons. The molecular weight excluding hydrogens is 430 g/mol. The topological polar surface area (TPSA) is 61.8 Å². The Hall–Kier alpha value is -0.570. The van der Waals surface area contributed by atoms with Gasteiger partial charge in [0.1, 0.15) is 0 Å². The van der Waals surface area contributed by atoms with Crippen LogP contribution in [0, 0.1) is 0 Å². The second-order valence-electron chi connectivity index (χ2n) is 7.95. The third-order valence-corrected chi connectivity index (χ3v) is 9.66. The molecule has 0 aliphatic carbocycles. The largest absolute Gasteiger partial charge is 0.524 e. The fraction of sp³-hybridized carbons (Fsp3) is 0.750. The summed E-state index contributed by atoms with van der Waals surface area (Å²) in [5.41, 5.74) is 4.16. The first-order valence-corrected chi connectivity index (χ1v) is 14.5. The minimum Gasteiger partial charge on any atom is -0.306 e. The number of hydrogen-bond acceptors (Lipinski definition) is 5. The number of unbranched alkanes of at least 4 members (excludes halogenated alkanes) is 1. The van der Waals surface area contributed by atoms with Crippen molar-refractivity contribution < 1.29 is 22.7 Å². The van der Waals surface area contributed by atoms with Crippen LogP contribution >= 0.6 is 15.6 Å². The van der Waals surface area contributed by atoms with Crippen LogP contribution in [0.4, 0.5) is 0 Å². The maximum Gasteiger partial charge on any atom is 0.524 e. The summed E-state index contributed by atoms with van der Waals surface area (Å²) >= 11 is 0. The van der Waals surface area contributed by atoms with E-state index < -0.39 is 21.0 Å². The predicted molar refractivity (Wildman–Crippen MR) is 133 cm³/mol. The quantitative estimate of drug-likeness (QED) is 0.112. The van der Waals surface area contributed by atoms with Gasteiger partial charge in [-0.1, -0.05) is 34.9 Å². The molecule has 0 aromatic heterocycles. The summed E-state index contributed by atoms with van der Waals surface area (Å²) in [6.45, 7) is 14.7. The Bertz CT molecular complexity index is 638. The van der Waals surface area contributed by atoms with Crippen LogP contribution in [0.3, 0.4) is 0 Å². The second kappa shape index (κ2) is 17.9. The third-order valence-electron chi connectivity index (χ3n) is 4.76. The van der Waals surface area contributed by atoms with Gasteiger partial charge in [-0.15, -0.1) is 4.52 Å². The molecule has 0 amide bonds. The Kier molecular flexibility index (Phi) is 17.6. The Morgan fingerprint density at radius 3 is 1.84 bits per heavy atom. The molecular formula is C24H45O5P2+. The number of rotatable bonds is 18. The van der Waals surface area contributed by atoms with Crippen LogP contribution < -0.4 is 0 Å². The minimum absolute atomic E-state index is 0.253. The van der Waals surface area contributed by atoms with Crippen molar-refractivity contribution >= 4 is 15.6 Å². The monoisotopic (exact) mass is 475 g/mol. The first-order chi connectivity index (χ1) is 14.7. The molecule has 5 nitrogen and oxygen atoms in total. The lowest BCUT2D eigenvalue weighted by molar-refractivity contribution is 0.214. The van der Waals surface area contributed by atoms with Crippen molar-refractivity contribution in [3.05, 3.63) is 34.9 Å². The minimum atomic E-state index is -3.46. The number of hydrogen-bond donors (Lipinski definition) is 0. The Morgan fingerprint density at radius 2 is 1.35 bits per heavy atom. The van der Waals surface area contributed by atoms with Crippen molar-refractivity contribution in [2.45, 2.75) is 98.8 Å². The molecule has 0 bridgehead atoms. The SMILES string of the molecule is CCO[P+](=O)C(CCC/C=C(\C)CC/C=C(\C)CCC=C(C)C)P(=O)(OCC)OCC. The van der Waals surface area contributed by atoms with Gasteiger partial charge in [0.25, 0.3) is 5.40 Å². The van der Waals surface area contributed by atoms with Gasteiger partial charge >= 0.3 is 15.6 Å². The fourth-order valence-corrected chi connectivity index (χ4v) is 7.13. The van der Waals surface area contributed by atoms with Crippen molar-refractivity contribution in [2.75, 3.05) is 19.8 Å². The van der Waals surface area contributed by atoms with E-state index in [9.17, 15) is 9.13 Å². The van der Waals surface area contributed by atoms with E-state index in [-0.39, 0.29) is 13.2 Å². The summed E-state index contributed by atoms with van der Waals surface area (Å²) in [7, 11) is -5.57. The van der Waals surface area contributed by atoms with E-state index in [0.717, 1.165) is 38.5 Å². The highest BCUT2D eigenvalue weighted by molar-refractivity contribution is 7.67. The van der Waals surface area contributed by atoms with Gasteiger partial charge in [-0.05, 0) is 91.6 Å². The molecule has 0 aromatic rings. The van der Waals surface area contributed by atoms with E-state index in [4.69, 9.17) is 13.6 Å². The molecule has 7 heteroatoms. The summed E-state index contributed by atoms with van der Waals surface area (Å²) in [6.07, 6.45) is 13.2. The molecule has 0 spiro atoms. The number of allylic oxidation sites excluding steroid dienone is 6. The van der Waals surface area contributed by atoms with Crippen LogP contribution in [-0.2, 0) is 22.7 Å². The zero-order chi connectivity index (χ0) is 23.7. The molecule has 0 N–H and O–H groups in total. The maximum absolute atomic E-state index is 13.1. The molecule has 0 saturated carbocycles. The second-order valence-corrected chi connectivity index (χ2v) is 12.0. The van der Waals surface area contributed by atoms with Crippen LogP contribution in [0.1, 0.15) is 93.4 Å². The lowest BCUT2D eigenvalue weighted by Crippen LogP contribution is -2.11. The lowest BCUT2D eigenvalue weighted by atomic mass is 10.1. The summed E-state index contributed by atoms with van der Waals surface area (Å²) in [5.74, 6) is 0. The van der Waals surface area contributed by atoms with Crippen molar-refractivity contribution in [2.24, 2.45) is 0 Å². The molecule has 0 fully saturated rings. The van der Waals surface area contributed by atoms with Gasteiger partial charge in [0.2, 0.25) is 0 Å². The molecule has 0 aromatic carbocycles. The average molecular weight is 476 g/mol. The van der Waals surface area contributed by atoms with Gasteiger partial charge in [-0.2, -0.15) is 0 Å². The van der Waals surface area contributed by atoms with E-state index in [1.807, 2.05) is 0 Å². The summed E-state index contributed by atoms with van der Waals surface area (Å²) in [4.78, 5) is 0. The van der Waals surface area contributed by atoms with Gasteiger partial charge < -0.3 is 9.05 Å². The highest BCUT2D eigenvalue weighted by atomic mass is 31.2. The maximum atomic E-state index is 13.1. The Morgan fingerprint density at radius 1 is 0.839 bits per heavy atom. The van der Waals surface area contributed by atoms with Crippen LogP contribution in [0.5, 0.6) is 0 Å². The first kappa shape index (κ1) is 30.4. The molecule has 0 rings (SSSR count). The molecule has 2 atom stereocenters. The molecule has 2 unspecified atom stereocenters. The van der Waals surface area contributed by atoms with Gasteiger partial charge in [0.15, 0.2) is 0 Å². The van der Waals surface area contributed by atoms with E-state index in [1.165, 1.54) is 16.7 Å². The normalized spacial score (nSPS) is 14.5. The van der Waals surface area contributed by atoms with E-state index in [2.05, 4.69) is 45.9 Å². The van der Waals surface area contributed by atoms with Gasteiger partial charge in [-0.3, -0.25) is 4.57 Å². The standard InChI is InChI=1S/C24H45O5P2/c1-8-27-30(25)24(31(26,28-9-2)29-10-3)20-12-11-16-22(6)18-14-19-23(7)17-13-15-21(4)5/h15-16,19,24H,8-14,17-18,20H2,1-7H3/q+1/b22-16+,23-19+. The van der Waals surface area contributed by atoms with Gasteiger partial charge in [0.05, 0.1) is 19.8 Å². The molecule has 31 heavy (non-hydrogen) atoms. The molecule has 180 valence electrons. The molecule has 0 heterocycles. The van der Waals surface area contributed by atoms with Gasteiger partial charge in [-0.25, -0.2) is 0 Å². The fourth-order valence-electron chi connectivity index (χ4n) is 3.15. The zero-order valence-corrected chi connectivity index (χ0v) is 22.6. The summed E-state index contributed by atoms with van der Waals surface area (Å²) in [5, 5.41) is -0.720. The van der Waals surface area contributed by atoms with Crippen LogP contribution in [-0.4, -0.2) is 25.2 Å². The van der Waals surface area contributed by atoms with Crippen molar-refractivity contribution in [3.8, 4) is 0 Å². The Labute approximate surface area is 192 Å². The smallest absolute Gasteiger partial charge is 0.306 e. The van der Waals surface area contributed by atoms with Gasteiger partial charge in [0, 0.05) is 6.42 Å². The van der Waals surface area contributed by atoms with Crippen molar-refractivity contribution in [1.29, 1.82) is 0 Å². The Balaban J connectivity index is 4.69. The first-order valence-electron chi connectivity index (χ1n) is 11.6. The third kappa shape index (κ3) is 14.2.